The van der Waals surface area contributed by atoms with Gasteiger partial charge in [0.15, 0.2) is 5.57 Å². The van der Waals surface area contributed by atoms with Crippen LogP contribution >= 0.6 is 0 Å². The standard InChI is InChI=1S/C33H46N2O6/c1-10-11-12-13-22(2)35(21-23-14-16-24(17-15-23)32(3,4)5)29(28-30(36)40-33(6,7)41-31(28)37)34-26-19-18-25(38-8)20-27(26)39-9/h14-20,22,34H,10-13,21H2,1-9H3. The predicted octanol–water partition coefficient (Wildman–Crippen LogP) is 6.93. The average Bonchev–Trinajstić information content (AvgIpc) is 2.90. The van der Waals surface area contributed by atoms with Crippen molar-refractivity contribution in [1.82, 2.24) is 4.90 Å². The van der Waals surface area contributed by atoms with Crippen molar-refractivity contribution in [3.8, 4) is 11.5 Å². The van der Waals surface area contributed by atoms with Gasteiger partial charge in [0.25, 0.3) is 5.79 Å². The summed E-state index contributed by atoms with van der Waals surface area (Å²) in [4.78, 5) is 28.9. The van der Waals surface area contributed by atoms with Crippen molar-refractivity contribution >= 4 is 17.6 Å². The lowest BCUT2D eigenvalue weighted by atomic mass is 9.86. The molecule has 0 radical (unpaired) electrons. The molecule has 0 aromatic heterocycles. The molecule has 8 heteroatoms. The van der Waals surface area contributed by atoms with E-state index in [-0.39, 0.29) is 17.0 Å². The van der Waals surface area contributed by atoms with Crippen LogP contribution < -0.4 is 14.8 Å². The summed E-state index contributed by atoms with van der Waals surface area (Å²) in [6.45, 7) is 14.4. The van der Waals surface area contributed by atoms with E-state index >= 15 is 0 Å². The first-order valence-electron chi connectivity index (χ1n) is 14.4. The Labute approximate surface area is 245 Å². The molecule has 224 valence electrons. The van der Waals surface area contributed by atoms with Crippen LogP contribution in [0.1, 0.15) is 85.3 Å². The number of nitrogens with one attached hydrogen (secondary N) is 1. The van der Waals surface area contributed by atoms with Gasteiger partial charge in [-0.25, -0.2) is 9.59 Å². The number of hydrogen-bond acceptors (Lipinski definition) is 8. The van der Waals surface area contributed by atoms with Crippen LogP contribution in [0.4, 0.5) is 5.69 Å². The zero-order valence-electron chi connectivity index (χ0n) is 26.1. The molecule has 2 aromatic carbocycles. The van der Waals surface area contributed by atoms with Crippen molar-refractivity contribution in [1.29, 1.82) is 0 Å². The van der Waals surface area contributed by atoms with E-state index in [1.54, 1.807) is 46.3 Å². The van der Waals surface area contributed by atoms with Crippen molar-refractivity contribution in [3.05, 3.63) is 65.0 Å². The maximum atomic E-state index is 13.4. The molecule has 0 spiro atoms. The van der Waals surface area contributed by atoms with Crippen LogP contribution in [-0.4, -0.2) is 42.9 Å². The number of cyclic esters (lactones) is 2. The van der Waals surface area contributed by atoms with Crippen molar-refractivity contribution in [2.75, 3.05) is 19.5 Å². The summed E-state index contributed by atoms with van der Waals surface area (Å²) in [6.07, 6.45) is 4.04. The summed E-state index contributed by atoms with van der Waals surface area (Å²) in [5.41, 5.74) is 2.67. The minimum Gasteiger partial charge on any atom is -0.497 e. The molecule has 1 aliphatic rings. The van der Waals surface area contributed by atoms with E-state index in [2.05, 4.69) is 69.1 Å². The summed E-state index contributed by atoms with van der Waals surface area (Å²) in [5, 5.41) is 3.36. The quantitative estimate of drug-likeness (QED) is 0.128. The fourth-order valence-corrected chi connectivity index (χ4v) is 4.76. The lowest BCUT2D eigenvalue weighted by Crippen LogP contribution is -2.45. The smallest absolute Gasteiger partial charge is 0.352 e. The number of ether oxygens (including phenoxy) is 4. The van der Waals surface area contributed by atoms with Crippen molar-refractivity contribution in [2.45, 2.75) is 97.9 Å². The lowest BCUT2D eigenvalue weighted by Gasteiger charge is -2.37. The van der Waals surface area contributed by atoms with E-state index in [0.29, 0.717) is 29.6 Å². The topological polar surface area (TPSA) is 86.3 Å². The summed E-state index contributed by atoms with van der Waals surface area (Å²) in [6, 6.07) is 13.8. The summed E-state index contributed by atoms with van der Waals surface area (Å²) < 4.78 is 22.1. The molecule has 0 amide bonds. The van der Waals surface area contributed by atoms with Gasteiger partial charge in [-0.1, -0.05) is 71.2 Å². The highest BCUT2D eigenvalue weighted by molar-refractivity contribution is 6.16. The third kappa shape index (κ3) is 8.18. The number of carbonyl (C=O) groups is 2. The molecule has 1 unspecified atom stereocenters. The zero-order valence-corrected chi connectivity index (χ0v) is 26.1. The third-order valence-electron chi connectivity index (χ3n) is 7.20. The first-order chi connectivity index (χ1) is 19.3. The van der Waals surface area contributed by atoms with Crippen LogP contribution in [0.5, 0.6) is 11.5 Å². The van der Waals surface area contributed by atoms with Gasteiger partial charge >= 0.3 is 11.9 Å². The number of carbonyl (C=O) groups excluding carboxylic acids is 2. The molecule has 0 saturated carbocycles. The first kappa shape index (κ1) is 31.8. The Morgan fingerprint density at radius 2 is 1.61 bits per heavy atom. The first-order valence-corrected chi connectivity index (χ1v) is 14.4. The van der Waals surface area contributed by atoms with Crippen LogP contribution in [0, 0.1) is 0 Å². The molecule has 1 heterocycles. The number of methoxy groups -OCH3 is 2. The maximum absolute atomic E-state index is 13.4. The second kappa shape index (κ2) is 13.3. The van der Waals surface area contributed by atoms with Gasteiger partial charge in [0, 0.05) is 32.5 Å². The van der Waals surface area contributed by atoms with Gasteiger partial charge < -0.3 is 29.2 Å². The normalized spacial score (nSPS) is 15.5. The van der Waals surface area contributed by atoms with Gasteiger partial charge in [-0.05, 0) is 42.0 Å². The molecule has 1 aliphatic heterocycles. The molecule has 1 saturated heterocycles. The van der Waals surface area contributed by atoms with Gasteiger partial charge in [0.05, 0.1) is 19.9 Å². The average molecular weight is 567 g/mol. The molecule has 1 N–H and O–H groups in total. The maximum Gasteiger partial charge on any atom is 0.352 e. The molecule has 0 bridgehead atoms. The molecule has 8 nitrogen and oxygen atoms in total. The van der Waals surface area contributed by atoms with Crippen molar-refractivity contribution in [3.63, 3.8) is 0 Å². The molecular weight excluding hydrogens is 520 g/mol. The Hall–Kier alpha value is -3.68. The summed E-state index contributed by atoms with van der Waals surface area (Å²) in [5.74, 6) is -1.42. The minimum atomic E-state index is -1.36. The largest absolute Gasteiger partial charge is 0.497 e. The van der Waals surface area contributed by atoms with E-state index in [9.17, 15) is 9.59 Å². The Morgan fingerprint density at radius 3 is 2.15 bits per heavy atom. The lowest BCUT2D eigenvalue weighted by molar-refractivity contribution is -0.222. The summed E-state index contributed by atoms with van der Waals surface area (Å²) in [7, 11) is 3.13. The number of nitrogens with zero attached hydrogens (tertiary/aromatic N) is 1. The molecule has 1 atom stereocenters. The molecule has 0 aliphatic carbocycles. The van der Waals surface area contributed by atoms with Crippen molar-refractivity contribution in [2.24, 2.45) is 0 Å². The Bertz CT molecular complexity index is 1220. The third-order valence-corrected chi connectivity index (χ3v) is 7.20. The zero-order chi connectivity index (χ0) is 30.4. The van der Waals surface area contributed by atoms with Gasteiger partial charge in [-0.3, -0.25) is 0 Å². The Kier molecular flexibility index (Phi) is 10.3. The number of unbranched alkanes of at least 4 members (excludes halogenated alkanes) is 2. The van der Waals surface area contributed by atoms with Crippen LogP contribution in [0.2, 0.25) is 0 Å². The minimum absolute atomic E-state index is 0.0215. The second-order valence-electron chi connectivity index (χ2n) is 12.0. The van der Waals surface area contributed by atoms with Gasteiger partial charge in [-0.15, -0.1) is 0 Å². The predicted molar refractivity (Wildman–Crippen MR) is 161 cm³/mol. The van der Waals surface area contributed by atoms with Crippen LogP contribution in [0.3, 0.4) is 0 Å². The number of rotatable bonds is 12. The molecule has 41 heavy (non-hydrogen) atoms. The van der Waals surface area contributed by atoms with Gasteiger partial charge in [-0.2, -0.15) is 0 Å². The fraction of sp³-hybridized carbons (Fsp3) is 0.515. The molecule has 3 rings (SSSR count). The summed E-state index contributed by atoms with van der Waals surface area (Å²) >= 11 is 0. The fourth-order valence-electron chi connectivity index (χ4n) is 4.76. The number of benzene rings is 2. The molecule has 1 fully saturated rings. The van der Waals surface area contributed by atoms with Crippen LogP contribution in [-0.2, 0) is 31.0 Å². The van der Waals surface area contributed by atoms with Crippen LogP contribution in [0.15, 0.2) is 53.9 Å². The monoisotopic (exact) mass is 566 g/mol. The highest BCUT2D eigenvalue weighted by Gasteiger charge is 2.43. The molecular formula is C33H46N2O6. The number of hydrogen-bond donors (Lipinski definition) is 1. The Balaban J connectivity index is 2.16. The number of esters is 2. The van der Waals surface area contributed by atoms with E-state index in [0.717, 1.165) is 31.2 Å². The highest BCUT2D eigenvalue weighted by atomic mass is 16.7. The van der Waals surface area contributed by atoms with Crippen LogP contribution in [0.25, 0.3) is 0 Å². The van der Waals surface area contributed by atoms with E-state index in [1.165, 1.54) is 5.56 Å². The SMILES string of the molecule is CCCCCC(C)N(Cc1ccc(C(C)(C)C)cc1)C(Nc1ccc(OC)cc1OC)=C1C(=O)OC(C)(C)OC1=O. The van der Waals surface area contributed by atoms with Gasteiger partial charge in [0.2, 0.25) is 0 Å². The second-order valence-corrected chi connectivity index (χ2v) is 12.0. The van der Waals surface area contributed by atoms with Gasteiger partial charge in [0.1, 0.15) is 17.3 Å². The van der Waals surface area contributed by atoms with E-state index in [1.807, 2.05) is 0 Å². The van der Waals surface area contributed by atoms with Crippen molar-refractivity contribution < 1.29 is 28.5 Å². The van der Waals surface area contributed by atoms with E-state index in [4.69, 9.17) is 18.9 Å². The molecule has 2 aromatic rings. The highest BCUT2D eigenvalue weighted by Crippen LogP contribution is 2.34. The van der Waals surface area contributed by atoms with E-state index < -0.39 is 17.7 Å². The number of anilines is 1. The Morgan fingerprint density at radius 1 is 0.976 bits per heavy atom.